The molecule has 1 unspecified atom stereocenters. The first-order valence-electron chi connectivity index (χ1n) is 9.58. The van der Waals surface area contributed by atoms with E-state index in [0.29, 0.717) is 18.9 Å². The summed E-state index contributed by atoms with van der Waals surface area (Å²) in [5.74, 6) is 1.53. The van der Waals surface area contributed by atoms with Crippen LogP contribution >= 0.6 is 0 Å². The van der Waals surface area contributed by atoms with Crippen LogP contribution in [0.3, 0.4) is 0 Å². The zero-order valence-electron chi connectivity index (χ0n) is 16.3. The van der Waals surface area contributed by atoms with Crippen LogP contribution in [0.1, 0.15) is 38.7 Å². The second-order valence-electron chi connectivity index (χ2n) is 6.78. The highest BCUT2D eigenvalue weighted by Crippen LogP contribution is 2.14. The van der Waals surface area contributed by atoms with Gasteiger partial charge in [-0.15, -0.1) is 0 Å². The van der Waals surface area contributed by atoms with Crippen LogP contribution in [-0.2, 0) is 16.1 Å². The van der Waals surface area contributed by atoms with E-state index in [4.69, 9.17) is 9.73 Å². The first-order chi connectivity index (χ1) is 12.6. The minimum absolute atomic E-state index is 0.0556. The van der Waals surface area contributed by atoms with Gasteiger partial charge in [0.2, 0.25) is 5.91 Å². The van der Waals surface area contributed by atoms with Gasteiger partial charge in [0.05, 0.1) is 13.2 Å². The Morgan fingerprint density at radius 3 is 2.92 bits per heavy atom. The zero-order chi connectivity index (χ0) is 18.8. The van der Waals surface area contributed by atoms with Gasteiger partial charge in [-0.05, 0) is 37.5 Å². The van der Waals surface area contributed by atoms with E-state index in [-0.39, 0.29) is 5.91 Å². The number of hydrogen-bond donors (Lipinski definition) is 2. The van der Waals surface area contributed by atoms with Gasteiger partial charge in [-0.2, -0.15) is 0 Å². The number of carbonyl (C=O) groups is 1. The molecule has 1 heterocycles. The third-order valence-corrected chi connectivity index (χ3v) is 4.35. The van der Waals surface area contributed by atoms with Crippen LogP contribution < -0.4 is 10.6 Å². The highest BCUT2D eigenvalue weighted by atomic mass is 16.5. The lowest BCUT2D eigenvalue weighted by Gasteiger charge is -2.24. The molecule has 0 radical (unpaired) electrons. The van der Waals surface area contributed by atoms with Gasteiger partial charge in [-0.25, -0.2) is 4.99 Å². The van der Waals surface area contributed by atoms with Crippen LogP contribution in [0.25, 0.3) is 0 Å². The molecule has 1 saturated heterocycles. The van der Waals surface area contributed by atoms with Crippen LogP contribution in [0.5, 0.6) is 0 Å². The predicted molar refractivity (Wildman–Crippen MR) is 106 cm³/mol. The lowest BCUT2D eigenvalue weighted by Crippen LogP contribution is -2.41. The van der Waals surface area contributed by atoms with E-state index in [0.717, 1.165) is 56.4 Å². The fourth-order valence-electron chi connectivity index (χ4n) is 3.03. The first kappa shape index (κ1) is 20.2. The molecule has 2 rings (SSSR count). The predicted octanol–water partition coefficient (Wildman–Crippen LogP) is 2.86. The molecule has 144 valence electrons. The topological polar surface area (TPSA) is 66.0 Å². The van der Waals surface area contributed by atoms with Crippen molar-refractivity contribution in [2.24, 2.45) is 10.9 Å². The molecule has 1 aromatic rings. The lowest BCUT2D eigenvalue weighted by atomic mass is 10.1. The second-order valence-corrected chi connectivity index (χ2v) is 6.78. The molecule has 0 saturated carbocycles. The number of ether oxygens (including phenoxy) is 1. The summed E-state index contributed by atoms with van der Waals surface area (Å²) in [6.07, 6.45) is 2.51. The molecule has 0 bridgehead atoms. The Morgan fingerprint density at radius 2 is 2.23 bits per heavy atom. The van der Waals surface area contributed by atoms with Gasteiger partial charge in [0, 0.05) is 44.8 Å². The van der Waals surface area contributed by atoms with Crippen molar-refractivity contribution < 1.29 is 9.53 Å². The molecule has 2 N–H and O–H groups in total. The molecule has 1 aliphatic heterocycles. The number of amides is 1. The number of carbonyl (C=O) groups excluding carboxylic acids is 1. The van der Waals surface area contributed by atoms with Gasteiger partial charge in [0.1, 0.15) is 0 Å². The van der Waals surface area contributed by atoms with Crippen LogP contribution in [0, 0.1) is 5.92 Å². The molecule has 0 spiro atoms. The fraction of sp³-hybridized carbons (Fsp3) is 0.600. The number of anilines is 1. The minimum atomic E-state index is 0.0556. The third kappa shape index (κ3) is 6.67. The maximum atomic E-state index is 11.8. The third-order valence-electron chi connectivity index (χ3n) is 4.35. The van der Waals surface area contributed by atoms with Crippen molar-refractivity contribution in [3.63, 3.8) is 0 Å². The molecule has 1 aliphatic rings. The van der Waals surface area contributed by atoms with E-state index in [2.05, 4.69) is 29.5 Å². The maximum Gasteiger partial charge on any atom is 0.224 e. The molecule has 0 aliphatic carbocycles. The van der Waals surface area contributed by atoms with Crippen molar-refractivity contribution in [3.05, 3.63) is 29.8 Å². The van der Waals surface area contributed by atoms with Crippen molar-refractivity contribution in [1.29, 1.82) is 0 Å². The molecule has 6 heteroatoms. The van der Waals surface area contributed by atoms with E-state index in [1.165, 1.54) is 0 Å². The Labute approximate surface area is 157 Å². The molecule has 0 aromatic heterocycles. The summed E-state index contributed by atoms with van der Waals surface area (Å²) in [5.41, 5.74) is 1.91. The summed E-state index contributed by atoms with van der Waals surface area (Å²) >= 11 is 0. The summed E-state index contributed by atoms with van der Waals surface area (Å²) in [6, 6.07) is 7.90. The zero-order valence-corrected chi connectivity index (χ0v) is 16.3. The van der Waals surface area contributed by atoms with Crippen molar-refractivity contribution in [2.75, 3.05) is 38.7 Å². The SMILES string of the molecule is CCCC(=O)Nc1cccc(CN=C(NCC)N(C)CC2CCOC2)c1. The molecule has 1 aromatic carbocycles. The summed E-state index contributed by atoms with van der Waals surface area (Å²) in [5, 5.41) is 6.30. The van der Waals surface area contributed by atoms with Crippen LogP contribution in [0.4, 0.5) is 5.69 Å². The summed E-state index contributed by atoms with van der Waals surface area (Å²) in [6.45, 7) is 8.13. The number of guanidine groups is 1. The van der Waals surface area contributed by atoms with Gasteiger partial charge in [0.25, 0.3) is 0 Å². The smallest absolute Gasteiger partial charge is 0.224 e. The highest BCUT2D eigenvalue weighted by Gasteiger charge is 2.19. The van der Waals surface area contributed by atoms with Gasteiger partial charge in [-0.3, -0.25) is 4.79 Å². The number of aliphatic imine (C=N–C) groups is 1. The van der Waals surface area contributed by atoms with Crippen LogP contribution in [0.2, 0.25) is 0 Å². The van der Waals surface area contributed by atoms with Gasteiger partial charge >= 0.3 is 0 Å². The van der Waals surface area contributed by atoms with Gasteiger partial charge < -0.3 is 20.3 Å². The van der Waals surface area contributed by atoms with Crippen LogP contribution in [0.15, 0.2) is 29.3 Å². The van der Waals surface area contributed by atoms with E-state index in [9.17, 15) is 4.79 Å². The Balaban J connectivity index is 1.98. The standard InChI is InChI=1S/C20H32N4O2/c1-4-7-19(25)23-18-9-6-8-16(12-18)13-22-20(21-5-2)24(3)14-17-10-11-26-15-17/h6,8-9,12,17H,4-5,7,10-11,13-15H2,1-3H3,(H,21,22)(H,23,25). The monoisotopic (exact) mass is 360 g/mol. The molecule has 1 amide bonds. The van der Waals surface area contributed by atoms with Crippen molar-refractivity contribution in [1.82, 2.24) is 10.2 Å². The molecular formula is C20H32N4O2. The van der Waals surface area contributed by atoms with E-state index >= 15 is 0 Å². The molecular weight excluding hydrogens is 328 g/mol. The van der Waals surface area contributed by atoms with E-state index in [1.807, 2.05) is 31.2 Å². The Hall–Kier alpha value is -2.08. The average molecular weight is 361 g/mol. The molecule has 1 atom stereocenters. The van der Waals surface area contributed by atoms with Gasteiger partial charge in [-0.1, -0.05) is 19.1 Å². The molecule has 26 heavy (non-hydrogen) atoms. The number of hydrogen-bond acceptors (Lipinski definition) is 3. The minimum Gasteiger partial charge on any atom is -0.381 e. The summed E-state index contributed by atoms with van der Waals surface area (Å²) in [7, 11) is 2.07. The summed E-state index contributed by atoms with van der Waals surface area (Å²) < 4.78 is 5.47. The number of nitrogens with one attached hydrogen (secondary N) is 2. The molecule has 6 nitrogen and oxygen atoms in total. The highest BCUT2D eigenvalue weighted by molar-refractivity contribution is 5.90. The largest absolute Gasteiger partial charge is 0.381 e. The Kier molecular flexibility index (Phi) is 8.41. The fourth-order valence-corrected chi connectivity index (χ4v) is 3.03. The molecule has 1 fully saturated rings. The first-order valence-corrected chi connectivity index (χ1v) is 9.58. The Bertz CT molecular complexity index is 597. The van der Waals surface area contributed by atoms with E-state index < -0.39 is 0 Å². The van der Waals surface area contributed by atoms with Crippen molar-refractivity contribution in [2.45, 2.75) is 39.7 Å². The quantitative estimate of drug-likeness (QED) is 0.553. The van der Waals surface area contributed by atoms with E-state index in [1.54, 1.807) is 0 Å². The van der Waals surface area contributed by atoms with Crippen molar-refractivity contribution >= 4 is 17.6 Å². The number of benzene rings is 1. The maximum absolute atomic E-state index is 11.8. The van der Waals surface area contributed by atoms with Gasteiger partial charge in [0.15, 0.2) is 5.96 Å². The second kappa shape index (κ2) is 10.8. The van der Waals surface area contributed by atoms with Crippen LogP contribution in [-0.4, -0.2) is 50.1 Å². The number of rotatable bonds is 8. The Morgan fingerprint density at radius 1 is 1.38 bits per heavy atom. The lowest BCUT2D eigenvalue weighted by molar-refractivity contribution is -0.116. The van der Waals surface area contributed by atoms with Crippen molar-refractivity contribution in [3.8, 4) is 0 Å². The summed E-state index contributed by atoms with van der Waals surface area (Å²) in [4.78, 5) is 18.7. The normalized spacial score (nSPS) is 17.2. The number of nitrogens with zero attached hydrogens (tertiary/aromatic N) is 2. The average Bonchev–Trinajstić information content (AvgIpc) is 3.12.